The second kappa shape index (κ2) is 5.65. The van der Waals surface area contributed by atoms with Crippen LogP contribution in [-0.4, -0.2) is 14.9 Å². The maximum atomic E-state index is 11.2. The van der Waals surface area contributed by atoms with E-state index in [1.165, 1.54) is 18.2 Å². The number of nitro groups is 1. The molecule has 114 valence electrons. The minimum Gasteiger partial charge on any atom is -0.380 e. The van der Waals surface area contributed by atoms with Gasteiger partial charge in [-0.05, 0) is 23.8 Å². The van der Waals surface area contributed by atoms with Gasteiger partial charge in [-0.3, -0.25) is 10.1 Å². The Bertz CT molecular complexity index is 996. The predicted molar refractivity (Wildman–Crippen MR) is 84.1 cm³/mol. The summed E-state index contributed by atoms with van der Waals surface area (Å²) < 4.78 is 0. The average molecular weight is 309 g/mol. The third kappa shape index (κ3) is 2.89. The summed E-state index contributed by atoms with van der Waals surface area (Å²) in [5.41, 5.74) is 2.63. The first-order valence-corrected chi connectivity index (χ1v) is 6.70. The van der Waals surface area contributed by atoms with E-state index in [4.69, 9.17) is 5.26 Å². The van der Waals surface area contributed by atoms with Crippen LogP contribution in [0, 0.1) is 21.4 Å². The van der Waals surface area contributed by atoms with Crippen molar-refractivity contribution in [3.63, 3.8) is 0 Å². The summed E-state index contributed by atoms with van der Waals surface area (Å²) >= 11 is 0. The van der Waals surface area contributed by atoms with E-state index in [9.17, 15) is 14.9 Å². The number of nitriles is 1. The molecule has 0 aliphatic carbocycles. The van der Waals surface area contributed by atoms with Gasteiger partial charge in [-0.1, -0.05) is 6.07 Å². The predicted octanol–water partition coefficient (Wildman–Crippen LogP) is 2.25. The molecule has 1 aromatic heterocycles. The molecule has 0 fully saturated rings. The largest absolute Gasteiger partial charge is 0.380 e. The van der Waals surface area contributed by atoms with Crippen molar-refractivity contribution in [2.45, 2.75) is 6.54 Å². The van der Waals surface area contributed by atoms with Crippen molar-refractivity contribution in [1.82, 2.24) is 9.97 Å². The maximum Gasteiger partial charge on any atom is 0.323 e. The van der Waals surface area contributed by atoms with Gasteiger partial charge in [0.15, 0.2) is 0 Å². The summed E-state index contributed by atoms with van der Waals surface area (Å²) in [5, 5.41) is 22.9. The first-order chi connectivity index (χ1) is 11.1. The van der Waals surface area contributed by atoms with Crippen LogP contribution in [0.4, 0.5) is 11.4 Å². The van der Waals surface area contributed by atoms with E-state index in [0.717, 1.165) is 5.56 Å². The van der Waals surface area contributed by atoms with Crippen LogP contribution in [0.1, 0.15) is 11.1 Å². The van der Waals surface area contributed by atoms with Gasteiger partial charge in [0.05, 0.1) is 27.2 Å². The summed E-state index contributed by atoms with van der Waals surface area (Å²) in [6.07, 6.45) is 0. The molecule has 0 aliphatic rings. The van der Waals surface area contributed by atoms with Crippen molar-refractivity contribution in [3.8, 4) is 6.07 Å². The monoisotopic (exact) mass is 309 g/mol. The first-order valence-electron chi connectivity index (χ1n) is 6.70. The van der Waals surface area contributed by atoms with E-state index < -0.39 is 4.92 Å². The highest BCUT2D eigenvalue weighted by Crippen LogP contribution is 2.22. The Hall–Kier alpha value is -3.60. The third-order valence-electron chi connectivity index (χ3n) is 3.40. The van der Waals surface area contributed by atoms with Crippen LogP contribution >= 0.6 is 0 Å². The van der Waals surface area contributed by atoms with Crippen LogP contribution in [-0.2, 0) is 6.54 Å². The maximum absolute atomic E-state index is 11.2. The smallest absolute Gasteiger partial charge is 0.323 e. The van der Waals surface area contributed by atoms with Gasteiger partial charge in [0.2, 0.25) is 0 Å². The van der Waals surface area contributed by atoms with E-state index in [2.05, 4.69) is 15.3 Å². The number of H-pyrrole nitrogens is 2. The van der Waals surface area contributed by atoms with Crippen LogP contribution in [0.3, 0.4) is 0 Å². The number of benzene rings is 2. The van der Waals surface area contributed by atoms with Crippen molar-refractivity contribution in [2.75, 3.05) is 5.32 Å². The Balaban J connectivity index is 1.82. The van der Waals surface area contributed by atoms with Gasteiger partial charge in [0.25, 0.3) is 5.69 Å². The highest BCUT2D eigenvalue weighted by Gasteiger charge is 2.10. The molecule has 0 aliphatic heterocycles. The molecular weight excluding hydrogens is 298 g/mol. The number of fused-ring (bicyclic) bond motifs is 1. The molecule has 1 heterocycles. The molecule has 0 atom stereocenters. The molecule has 3 rings (SSSR count). The van der Waals surface area contributed by atoms with Crippen molar-refractivity contribution >= 4 is 22.4 Å². The molecule has 0 unspecified atom stereocenters. The van der Waals surface area contributed by atoms with Gasteiger partial charge in [0, 0.05) is 18.7 Å². The van der Waals surface area contributed by atoms with Crippen LogP contribution in [0.2, 0.25) is 0 Å². The quantitative estimate of drug-likeness (QED) is 0.503. The van der Waals surface area contributed by atoms with E-state index >= 15 is 0 Å². The van der Waals surface area contributed by atoms with Gasteiger partial charge >= 0.3 is 5.69 Å². The van der Waals surface area contributed by atoms with Crippen LogP contribution in [0.25, 0.3) is 11.0 Å². The molecule has 0 bridgehead atoms. The third-order valence-corrected chi connectivity index (χ3v) is 3.40. The number of imidazole rings is 1. The number of nitrogens with one attached hydrogen (secondary N) is 3. The Labute approximate surface area is 129 Å². The van der Waals surface area contributed by atoms with Crippen molar-refractivity contribution in [3.05, 3.63) is 68.1 Å². The molecule has 8 heteroatoms. The van der Waals surface area contributed by atoms with E-state index in [-0.39, 0.29) is 16.9 Å². The lowest BCUT2D eigenvalue weighted by Gasteiger charge is -2.08. The lowest BCUT2D eigenvalue weighted by atomic mass is 10.1. The lowest BCUT2D eigenvalue weighted by molar-refractivity contribution is -0.384. The minimum absolute atomic E-state index is 0.126. The van der Waals surface area contributed by atoms with Crippen molar-refractivity contribution in [1.29, 1.82) is 5.26 Å². The topological polar surface area (TPSA) is 128 Å². The molecule has 2 aromatic carbocycles. The molecule has 0 saturated carbocycles. The summed E-state index contributed by atoms with van der Waals surface area (Å²) in [6, 6.07) is 11.5. The summed E-state index contributed by atoms with van der Waals surface area (Å²) in [6.45, 7) is 0.412. The Morgan fingerprint density at radius 2 is 1.96 bits per heavy atom. The van der Waals surface area contributed by atoms with E-state index in [0.29, 0.717) is 23.3 Å². The number of rotatable bonds is 4. The van der Waals surface area contributed by atoms with E-state index in [1.54, 1.807) is 6.07 Å². The molecule has 23 heavy (non-hydrogen) atoms. The van der Waals surface area contributed by atoms with Gasteiger partial charge in [-0.25, -0.2) is 4.79 Å². The molecular formula is C15H11N5O3. The lowest BCUT2D eigenvalue weighted by Crippen LogP contribution is -2.02. The average Bonchev–Trinajstić information content (AvgIpc) is 2.91. The fourth-order valence-corrected chi connectivity index (χ4v) is 2.28. The summed E-state index contributed by atoms with van der Waals surface area (Å²) in [7, 11) is 0. The number of hydrogen-bond acceptors (Lipinski definition) is 5. The summed E-state index contributed by atoms with van der Waals surface area (Å²) in [4.78, 5) is 26.8. The van der Waals surface area contributed by atoms with Crippen LogP contribution < -0.4 is 11.0 Å². The summed E-state index contributed by atoms with van der Waals surface area (Å²) in [5.74, 6) is 0. The van der Waals surface area contributed by atoms with Gasteiger partial charge in [-0.15, -0.1) is 0 Å². The minimum atomic E-state index is -0.541. The Morgan fingerprint density at radius 1 is 1.17 bits per heavy atom. The normalized spacial score (nSPS) is 10.4. The molecule has 0 spiro atoms. The number of non-ortho nitro benzene ring substituents is 1. The molecule has 3 aromatic rings. The zero-order valence-electron chi connectivity index (χ0n) is 11.8. The number of anilines is 1. The van der Waals surface area contributed by atoms with E-state index in [1.807, 2.05) is 18.2 Å². The van der Waals surface area contributed by atoms with Gasteiger partial charge in [-0.2, -0.15) is 5.26 Å². The molecule has 0 radical (unpaired) electrons. The van der Waals surface area contributed by atoms with Crippen molar-refractivity contribution < 1.29 is 4.92 Å². The number of nitro benzene ring substituents is 1. The number of aromatic nitrogens is 2. The highest BCUT2D eigenvalue weighted by atomic mass is 16.6. The second-order valence-corrected chi connectivity index (χ2v) is 4.91. The zero-order chi connectivity index (χ0) is 16.4. The van der Waals surface area contributed by atoms with Crippen LogP contribution in [0.15, 0.2) is 41.2 Å². The number of hydrogen-bond donors (Lipinski definition) is 3. The van der Waals surface area contributed by atoms with Crippen molar-refractivity contribution in [2.24, 2.45) is 0 Å². The fraction of sp³-hybridized carbons (Fsp3) is 0.0667. The molecule has 3 N–H and O–H groups in total. The Kier molecular flexibility index (Phi) is 3.52. The standard InChI is InChI=1S/C15H11N5O3/c16-7-10-6-11(20(22)23)2-4-12(10)17-8-9-1-3-13-14(5-9)19-15(21)18-13/h1-6,17H,8H2,(H2,18,19,21). The number of aromatic amines is 2. The second-order valence-electron chi connectivity index (χ2n) is 4.91. The SMILES string of the molecule is N#Cc1cc([N+](=O)[O-])ccc1NCc1ccc2[nH]c(=O)[nH]c2c1. The van der Waals surface area contributed by atoms with Crippen LogP contribution in [0.5, 0.6) is 0 Å². The molecule has 8 nitrogen and oxygen atoms in total. The van der Waals surface area contributed by atoms with Gasteiger partial charge < -0.3 is 15.3 Å². The van der Waals surface area contributed by atoms with Gasteiger partial charge in [0.1, 0.15) is 6.07 Å². The fourth-order valence-electron chi connectivity index (χ4n) is 2.28. The first kappa shape index (κ1) is 14.3. The Morgan fingerprint density at radius 3 is 2.70 bits per heavy atom. The highest BCUT2D eigenvalue weighted by molar-refractivity contribution is 5.75. The molecule has 0 amide bonds. The molecule has 0 saturated heterocycles. The zero-order valence-corrected chi connectivity index (χ0v) is 11.8. The number of nitrogens with zero attached hydrogens (tertiary/aromatic N) is 2.